The van der Waals surface area contributed by atoms with Gasteiger partial charge in [0.1, 0.15) is 28.9 Å². The number of halogens is 6. The molecule has 39 heavy (non-hydrogen) atoms. The maximum Gasteiger partial charge on any atom is 0.411 e. The molecule has 208 valence electrons. The van der Waals surface area contributed by atoms with Crippen LogP contribution >= 0.6 is 0 Å². The highest BCUT2D eigenvalue weighted by Crippen LogP contribution is 2.56. The molecule has 0 fully saturated rings. The van der Waals surface area contributed by atoms with Crippen molar-refractivity contribution >= 4 is 0 Å². The van der Waals surface area contributed by atoms with Crippen molar-refractivity contribution < 1.29 is 35.8 Å². The summed E-state index contributed by atoms with van der Waals surface area (Å²) in [5.74, 6) is 0.262. The van der Waals surface area contributed by atoms with Crippen molar-refractivity contribution in [3.8, 4) is 23.3 Å². The predicted octanol–water partition coefficient (Wildman–Crippen LogP) is 9.24. The monoisotopic (exact) mass is 549 g/mol. The number of benzene rings is 3. The third-order valence-electron chi connectivity index (χ3n) is 6.02. The first-order chi connectivity index (χ1) is 17.8. The molecule has 0 aliphatic heterocycles. The van der Waals surface area contributed by atoms with Crippen molar-refractivity contribution in [2.24, 2.45) is 0 Å². The molecule has 0 aliphatic rings. The number of rotatable bonds is 5. The Morgan fingerprint density at radius 1 is 0.641 bits per heavy atom. The maximum atomic E-state index is 14.5. The molecule has 0 amide bonds. The van der Waals surface area contributed by atoms with Crippen LogP contribution in [0.15, 0.2) is 66.7 Å². The van der Waals surface area contributed by atoms with Crippen LogP contribution in [0, 0.1) is 11.3 Å². The smallest absolute Gasteiger partial charge is 0.411 e. The van der Waals surface area contributed by atoms with Gasteiger partial charge in [-0.3, -0.25) is 0 Å². The summed E-state index contributed by atoms with van der Waals surface area (Å²) in [4.78, 5) is 0. The van der Waals surface area contributed by atoms with Crippen LogP contribution in [0.2, 0.25) is 0 Å². The highest BCUT2D eigenvalue weighted by atomic mass is 19.4. The average molecular weight is 550 g/mol. The van der Waals surface area contributed by atoms with Crippen molar-refractivity contribution in [3.05, 3.63) is 89.0 Å². The van der Waals surface area contributed by atoms with E-state index in [-0.39, 0.29) is 22.8 Å². The van der Waals surface area contributed by atoms with Crippen molar-refractivity contribution in [2.75, 3.05) is 0 Å². The highest BCUT2D eigenvalue weighted by molar-refractivity contribution is 5.53. The third kappa shape index (κ3) is 6.00. The molecule has 0 radical (unpaired) electrons. The number of ether oxygens (including phenoxy) is 2. The normalized spacial score (nSPS) is 13.1. The standard InChI is InChI=1S/C30H29F6NO2/c1-26(2,3)24-8-7-9-25(23(24)18-37)38-21-14-10-19(11-15-21)28(29(31,32)33,30(34,35)36)20-12-16-22(17-13-20)39-27(4,5)6/h7-17H,1-6H3. The summed E-state index contributed by atoms with van der Waals surface area (Å²) >= 11 is 0. The third-order valence-corrected chi connectivity index (χ3v) is 6.02. The van der Waals surface area contributed by atoms with Crippen LogP contribution in [0.1, 0.15) is 63.8 Å². The summed E-state index contributed by atoms with van der Waals surface area (Å²) in [6, 6.07) is 14.3. The largest absolute Gasteiger partial charge is 0.488 e. The minimum Gasteiger partial charge on any atom is -0.488 e. The molecule has 0 aromatic heterocycles. The zero-order chi connectivity index (χ0) is 29.4. The Labute approximate surface area is 224 Å². The van der Waals surface area contributed by atoms with Gasteiger partial charge in [-0.1, -0.05) is 57.2 Å². The lowest BCUT2D eigenvalue weighted by molar-refractivity contribution is -0.288. The lowest BCUT2D eigenvalue weighted by Crippen LogP contribution is -2.54. The lowest BCUT2D eigenvalue weighted by Gasteiger charge is -2.38. The zero-order valence-electron chi connectivity index (χ0n) is 22.4. The summed E-state index contributed by atoms with van der Waals surface area (Å²) in [7, 11) is 0. The van der Waals surface area contributed by atoms with Gasteiger partial charge in [0.2, 0.25) is 5.41 Å². The quantitative estimate of drug-likeness (QED) is 0.298. The second kappa shape index (κ2) is 10.1. The van der Waals surface area contributed by atoms with E-state index in [0.29, 0.717) is 5.56 Å². The van der Waals surface area contributed by atoms with Crippen LogP contribution in [0.3, 0.4) is 0 Å². The van der Waals surface area contributed by atoms with E-state index in [9.17, 15) is 31.6 Å². The summed E-state index contributed by atoms with van der Waals surface area (Å²) in [5, 5.41) is 9.69. The lowest BCUT2D eigenvalue weighted by atomic mass is 9.73. The molecule has 0 saturated heterocycles. The molecule has 0 heterocycles. The minimum atomic E-state index is -5.73. The Morgan fingerprint density at radius 3 is 1.49 bits per heavy atom. The fourth-order valence-electron chi connectivity index (χ4n) is 4.37. The van der Waals surface area contributed by atoms with Gasteiger partial charge in [0.25, 0.3) is 0 Å². The SMILES string of the molecule is CC(C)(C)Oc1ccc(C(c2ccc(Oc3cccc(C(C)(C)C)c3C#N)cc2)(C(F)(F)F)C(F)(F)F)cc1. The number of alkyl halides is 6. The van der Waals surface area contributed by atoms with Crippen molar-refractivity contribution in [2.45, 2.75) is 70.3 Å². The Bertz CT molecular complexity index is 1320. The van der Waals surface area contributed by atoms with Gasteiger partial charge in [0.15, 0.2) is 0 Å². The molecule has 3 rings (SSSR count). The van der Waals surface area contributed by atoms with Crippen LogP contribution in [0.5, 0.6) is 17.2 Å². The molecular weight excluding hydrogens is 520 g/mol. The van der Waals surface area contributed by atoms with E-state index in [1.54, 1.807) is 32.9 Å². The van der Waals surface area contributed by atoms with Crippen LogP contribution in [-0.4, -0.2) is 18.0 Å². The van der Waals surface area contributed by atoms with Crippen molar-refractivity contribution in [3.63, 3.8) is 0 Å². The number of hydrogen-bond acceptors (Lipinski definition) is 3. The molecule has 9 heteroatoms. The molecule has 0 atom stereocenters. The van der Waals surface area contributed by atoms with Crippen LogP contribution < -0.4 is 9.47 Å². The molecule has 3 nitrogen and oxygen atoms in total. The van der Waals surface area contributed by atoms with Crippen molar-refractivity contribution in [1.82, 2.24) is 0 Å². The first kappa shape index (κ1) is 29.9. The van der Waals surface area contributed by atoms with E-state index in [4.69, 9.17) is 9.47 Å². The number of hydrogen-bond donors (Lipinski definition) is 0. The van der Waals surface area contributed by atoms with Gasteiger partial charge in [-0.15, -0.1) is 0 Å². The Kier molecular flexibility index (Phi) is 7.77. The summed E-state index contributed by atoms with van der Waals surface area (Å²) in [6.07, 6.45) is -11.5. The fourth-order valence-corrected chi connectivity index (χ4v) is 4.37. The van der Waals surface area contributed by atoms with Gasteiger partial charge >= 0.3 is 12.4 Å². The highest BCUT2D eigenvalue weighted by Gasteiger charge is 2.72. The van der Waals surface area contributed by atoms with Gasteiger partial charge in [0, 0.05) is 0 Å². The summed E-state index contributed by atoms with van der Waals surface area (Å²) < 4.78 is 98.3. The van der Waals surface area contributed by atoms with E-state index in [1.807, 2.05) is 20.8 Å². The zero-order valence-corrected chi connectivity index (χ0v) is 22.4. The molecule has 0 N–H and O–H groups in total. The second-order valence-corrected chi connectivity index (χ2v) is 11.2. The molecule has 0 spiro atoms. The second-order valence-electron chi connectivity index (χ2n) is 11.2. The van der Waals surface area contributed by atoms with E-state index < -0.39 is 39.9 Å². The first-order valence-electron chi connectivity index (χ1n) is 12.1. The Balaban J connectivity index is 2.10. The molecule has 0 aliphatic carbocycles. The first-order valence-corrected chi connectivity index (χ1v) is 12.1. The van der Waals surface area contributed by atoms with E-state index in [0.717, 1.165) is 48.5 Å². The molecule has 0 saturated carbocycles. The topological polar surface area (TPSA) is 42.2 Å². The van der Waals surface area contributed by atoms with Crippen LogP contribution in [-0.2, 0) is 10.8 Å². The van der Waals surface area contributed by atoms with Gasteiger partial charge in [0.05, 0.1) is 5.56 Å². The van der Waals surface area contributed by atoms with E-state index in [2.05, 4.69) is 6.07 Å². The molecular formula is C30H29F6NO2. The minimum absolute atomic E-state index is 0.0199. The van der Waals surface area contributed by atoms with Gasteiger partial charge in [-0.25, -0.2) is 0 Å². The van der Waals surface area contributed by atoms with E-state index in [1.165, 1.54) is 6.07 Å². The molecule has 3 aromatic carbocycles. The fraction of sp³-hybridized carbons (Fsp3) is 0.367. The predicted molar refractivity (Wildman–Crippen MR) is 136 cm³/mol. The molecule has 0 bridgehead atoms. The molecule has 3 aromatic rings. The van der Waals surface area contributed by atoms with Crippen LogP contribution in [0.25, 0.3) is 0 Å². The van der Waals surface area contributed by atoms with Gasteiger partial charge < -0.3 is 9.47 Å². The van der Waals surface area contributed by atoms with Gasteiger partial charge in [-0.2, -0.15) is 31.6 Å². The molecule has 0 unspecified atom stereocenters. The number of nitrogens with zero attached hydrogens (tertiary/aromatic N) is 1. The summed E-state index contributed by atoms with van der Waals surface area (Å²) in [6.45, 7) is 10.8. The van der Waals surface area contributed by atoms with E-state index >= 15 is 0 Å². The summed E-state index contributed by atoms with van der Waals surface area (Å²) in [5.41, 5.74) is -6.51. The van der Waals surface area contributed by atoms with Crippen molar-refractivity contribution in [1.29, 1.82) is 5.26 Å². The number of nitriles is 1. The van der Waals surface area contributed by atoms with Crippen LogP contribution in [0.4, 0.5) is 26.3 Å². The van der Waals surface area contributed by atoms with Gasteiger partial charge in [-0.05, 0) is 73.2 Å². The Morgan fingerprint density at radius 2 is 1.10 bits per heavy atom. The Hall–Kier alpha value is -3.67. The maximum absolute atomic E-state index is 14.5. The average Bonchev–Trinajstić information content (AvgIpc) is 2.78.